The number of hydrogen-bond donors (Lipinski definition) is 0. The molecule has 0 aromatic heterocycles. The molecule has 0 saturated heterocycles. The number of rotatable bonds is 4. The molecule has 0 N–H and O–H groups in total. The third-order valence-electron chi connectivity index (χ3n) is 5.14. The minimum absolute atomic E-state index is 0.620. The minimum atomic E-state index is -0.984. The van der Waals surface area contributed by atoms with E-state index >= 15 is 0 Å². The summed E-state index contributed by atoms with van der Waals surface area (Å²) in [5.41, 5.74) is 0.620. The van der Waals surface area contributed by atoms with Gasteiger partial charge in [0.05, 0.1) is 0 Å². The Morgan fingerprint density at radius 2 is 1.38 bits per heavy atom. The van der Waals surface area contributed by atoms with Crippen LogP contribution in [0, 0.1) is 23.2 Å². The summed E-state index contributed by atoms with van der Waals surface area (Å²) in [5, 5.41) is 0. The molecule has 91 valence electrons. The Labute approximate surface area is 101 Å². The molecule has 0 unspecified atom stereocenters. The van der Waals surface area contributed by atoms with Crippen molar-refractivity contribution < 1.29 is 8.85 Å². The van der Waals surface area contributed by atoms with E-state index in [1.165, 1.54) is 44.6 Å². The van der Waals surface area contributed by atoms with Gasteiger partial charge in [-0.25, -0.2) is 0 Å². The molecule has 3 heteroatoms. The molecule has 0 spiro atoms. The van der Waals surface area contributed by atoms with Crippen LogP contribution in [-0.4, -0.2) is 23.5 Å². The molecule has 0 aromatic carbocycles. The van der Waals surface area contributed by atoms with Crippen LogP contribution in [0.2, 0.25) is 6.04 Å². The third-order valence-corrected chi connectivity index (χ3v) is 7.09. The highest BCUT2D eigenvalue weighted by Crippen LogP contribution is 2.61. The van der Waals surface area contributed by atoms with Crippen LogP contribution in [0.5, 0.6) is 0 Å². The molecule has 4 bridgehead atoms. The average molecular weight is 239 g/mol. The van der Waals surface area contributed by atoms with Crippen LogP contribution in [0.4, 0.5) is 0 Å². The van der Waals surface area contributed by atoms with Crippen LogP contribution >= 0.6 is 0 Å². The van der Waals surface area contributed by atoms with Crippen molar-refractivity contribution in [3.63, 3.8) is 0 Å². The molecule has 4 aliphatic carbocycles. The molecule has 4 saturated carbocycles. The van der Waals surface area contributed by atoms with Crippen LogP contribution < -0.4 is 0 Å². The van der Waals surface area contributed by atoms with E-state index in [4.69, 9.17) is 8.85 Å². The topological polar surface area (TPSA) is 18.5 Å². The van der Waals surface area contributed by atoms with Crippen molar-refractivity contribution in [3.05, 3.63) is 0 Å². The predicted molar refractivity (Wildman–Crippen MR) is 65.2 cm³/mol. The summed E-state index contributed by atoms with van der Waals surface area (Å²) < 4.78 is 11.0. The Bertz CT molecular complexity index is 227. The maximum Gasteiger partial charge on any atom is 0.384 e. The van der Waals surface area contributed by atoms with Gasteiger partial charge in [0.25, 0.3) is 0 Å². The molecule has 2 nitrogen and oxygen atoms in total. The molecular formula is C13H23O2Si. The molecule has 0 amide bonds. The lowest BCUT2D eigenvalue weighted by Crippen LogP contribution is -2.48. The van der Waals surface area contributed by atoms with Gasteiger partial charge in [-0.15, -0.1) is 0 Å². The molecule has 0 atom stereocenters. The monoisotopic (exact) mass is 239 g/mol. The van der Waals surface area contributed by atoms with E-state index < -0.39 is 9.28 Å². The molecular weight excluding hydrogens is 216 g/mol. The molecule has 4 fully saturated rings. The minimum Gasteiger partial charge on any atom is -0.397 e. The summed E-state index contributed by atoms with van der Waals surface area (Å²) in [7, 11) is 2.65. The van der Waals surface area contributed by atoms with Crippen molar-refractivity contribution in [1.29, 1.82) is 0 Å². The van der Waals surface area contributed by atoms with Crippen LogP contribution in [0.1, 0.15) is 38.5 Å². The van der Waals surface area contributed by atoms with E-state index in [-0.39, 0.29) is 0 Å². The largest absolute Gasteiger partial charge is 0.397 e. The van der Waals surface area contributed by atoms with E-state index in [0.29, 0.717) is 5.41 Å². The van der Waals surface area contributed by atoms with Gasteiger partial charge in [0.2, 0.25) is 0 Å². The summed E-state index contributed by atoms with van der Waals surface area (Å²) in [6.07, 6.45) is 9.00. The smallest absolute Gasteiger partial charge is 0.384 e. The second kappa shape index (κ2) is 4.11. The van der Waals surface area contributed by atoms with Crippen LogP contribution in [0.15, 0.2) is 0 Å². The summed E-state index contributed by atoms with van der Waals surface area (Å²) in [6.45, 7) is 0. The number of hydrogen-bond acceptors (Lipinski definition) is 2. The molecule has 0 aromatic rings. The fraction of sp³-hybridized carbons (Fsp3) is 1.00. The summed E-state index contributed by atoms with van der Waals surface area (Å²) >= 11 is 0. The molecule has 4 rings (SSSR count). The normalized spacial score (nSPS) is 45.6. The van der Waals surface area contributed by atoms with Crippen LogP contribution in [-0.2, 0) is 8.85 Å². The molecule has 16 heavy (non-hydrogen) atoms. The summed E-state index contributed by atoms with van der Waals surface area (Å²) in [4.78, 5) is 0. The highest BCUT2D eigenvalue weighted by molar-refractivity contribution is 6.44. The lowest BCUT2D eigenvalue weighted by molar-refractivity contribution is -0.0447. The van der Waals surface area contributed by atoms with Gasteiger partial charge >= 0.3 is 9.28 Å². The van der Waals surface area contributed by atoms with Crippen molar-refractivity contribution in [1.82, 2.24) is 0 Å². The first-order chi connectivity index (χ1) is 7.73. The molecule has 0 aliphatic heterocycles. The maximum absolute atomic E-state index is 5.52. The van der Waals surface area contributed by atoms with Gasteiger partial charge in [0, 0.05) is 14.2 Å². The Morgan fingerprint density at radius 3 is 1.75 bits per heavy atom. The molecule has 0 heterocycles. The van der Waals surface area contributed by atoms with Crippen molar-refractivity contribution in [2.45, 2.75) is 44.6 Å². The van der Waals surface area contributed by atoms with Gasteiger partial charge in [-0.2, -0.15) is 0 Å². The van der Waals surface area contributed by atoms with E-state index in [0.717, 1.165) is 17.8 Å². The second-order valence-corrected chi connectivity index (χ2v) is 8.29. The van der Waals surface area contributed by atoms with Gasteiger partial charge in [-0.1, -0.05) is 0 Å². The van der Waals surface area contributed by atoms with E-state index in [2.05, 4.69) is 0 Å². The first-order valence-electron chi connectivity index (χ1n) is 6.67. The van der Waals surface area contributed by atoms with E-state index in [1.807, 2.05) is 14.2 Å². The first kappa shape index (κ1) is 11.2. The highest BCUT2D eigenvalue weighted by Gasteiger charge is 2.51. The first-order valence-corrected chi connectivity index (χ1v) is 8.19. The standard InChI is InChI=1S/C13H23O2Si/c1-14-16(15-2)9-13-6-10-3-11(7-13)5-12(4-10)8-13/h10-12H,3-9H2,1-2H3. The average Bonchev–Trinajstić information content (AvgIpc) is 2.24. The Hall–Kier alpha value is 0.137. The zero-order valence-electron chi connectivity index (χ0n) is 10.5. The quantitative estimate of drug-likeness (QED) is 0.702. The fourth-order valence-corrected chi connectivity index (χ4v) is 6.54. The van der Waals surface area contributed by atoms with Crippen molar-refractivity contribution in [2.24, 2.45) is 23.2 Å². The van der Waals surface area contributed by atoms with E-state index in [1.54, 1.807) is 0 Å². The lowest BCUT2D eigenvalue weighted by atomic mass is 9.50. The van der Waals surface area contributed by atoms with Gasteiger partial charge in [-0.3, -0.25) is 0 Å². The van der Waals surface area contributed by atoms with Crippen LogP contribution in [0.25, 0.3) is 0 Å². The zero-order valence-corrected chi connectivity index (χ0v) is 11.5. The second-order valence-electron chi connectivity index (χ2n) is 6.37. The van der Waals surface area contributed by atoms with Crippen LogP contribution in [0.3, 0.4) is 0 Å². The zero-order chi connectivity index (χ0) is 11.2. The fourth-order valence-electron chi connectivity index (χ4n) is 5.04. The van der Waals surface area contributed by atoms with Gasteiger partial charge in [0.1, 0.15) is 0 Å². The summed E-state index contributed by atoms with van der Waals surface area (Å²) in [6, 6.07) is 1.23. The Kier molecular flexibility index (Phi) is 2.89. The highest BCUT2D eigenvalue weighted by atomic mass is 28.3. The van der Waals surface area contributed by atoms with E-state index in [9.17, 15) is 0 Å². The van der Waals surface area contributed by atoms with Gasteiger partial charge in [-0.05, 0) is 67.7 Å². The predicted octanol–water partition coefficient (Wildman–Crippen LogP) is 2.98. The van der Waals surface area contributed by atoms with Crippen molar-refractivity contribution >= 4 is 9.28 Å². The SMILES string of the molecule is CO[Si](CC12CC3CC(CC(C3)C1)C2)OC. The maximum atomic E-state index is 5.52. The lowest BCUT2D eigenvalue weighted by Gasteiger charge is -2.57. The van der Waals surface area contributed by atoms with Gasteiger partial charge < -0.3 is 8.85 Å². The van der Waals surface area contributed by atoms with Crippen molar-refractivity contribution in [2.75, 3.05) is 14.2 Å². The van der Waals surface area contributed by atoms with Gasteiger partial charge in [0.15, 0.2) is 0 Å². The molecule has 4 aliphatic rings. The Morgan fingerprint density at radius 1 is 0.938 bits per heavy atom. The Balaban J connectivity index is 1.73. The molecule has 1 radical (unpaired) electrons. The van der Waals surface area contributed by atoms with Crippen molar-refractivity contribution in [3.8, 4) is 0 Å². The summed E-state index contributed by atoms with van der Waals surface area (Å²) in [5.74, 6) is 3.13. The third kappa shape index (κ3) is 1.87.